The summed E-state index contributed by atoms with van der Waals surface area (Å²) < 4.78 is 5.53. The maximum absolute atomic E-state index is 5.54. The van der Waals surface area contributed by atoms with Crippen LogP contribution in [0, 0.1) is 6.92 Å². The summed E-state index contributed by atoms with van der Waals surface area (Å²) in [7, 11) is 0. The zero-order valence-electron chi connectivity index (χ0n) is 8.30. The van der Waals surface area contributed by atoms with E-state index in [0.29, 0.717) is 11.7 Å². The van der Waals surface area contributed by atoms with Gasteiger partial charge in [0.15, 0.2) is 0 Å². The van der Waals surface area contributed by atoms with Crippen molar-refractivity contribution in [2.24, 2.45) is 5.73 Å². The van der Waals surface area contributed by atoms with Gasteiger partial charge in [-0.25, -0.2) is 0 Å². The van der Waals surface area contributed by atoms with Gasteiger partial charge in [0.1, 0.15) is 10.8 Å². The molecule has 5 heteroatoms. The smallest absolute Gasteiger partial charge is 0.299 e. The highest BCUT2D eigenvalue weighted by molar-refractivity contribution is 7.13. The molecule has 0 fully saturated rings. The molecular weight excluding hydrogens is 210 g/mol. The van der Waals surface area contributed by atoms with Crippen molar-refractivity contribution < 1.29 is 4.74 Å². The molecule has 0 spiro atoms. The Morgan fingerprint density at radius 2 is 2.27 bits per heavy atom. The lowest BCUT2D eigenvalue weighted by Gasteiger charge is -2.02. The quantitative estimate of drug-likeness (QED) is 0.862. The van der Waals surface area contributed by atoms with Crippen molar-refractivity contribution in [3.05, 3.63) is 34.8 Å². The lowest BCUT2D eigenvalue weighted by atomic mass is 10.2. The van der Waals surface area contributed by atoms with Crippen molar-refractivity contribution in [1.29, 1.82) is 0 Å². The van der Waals surface area contributed by atoms with E-state index >= 15 is 0 Å². The zero-order valence-corrected chi connectivity index (χ0v) is 9.12. The fourth-order valence-electron chi connectivity index (χ4n) is 1.16. The average molecular weight is 221 g/mol. The third-order valence-corrected chi connectivity index (χ3v) is 2.56. The monoisotopic (exact) mass is 221 g/mol. The largest absolute Gasteiger partial charge is 0.430 e. The highest BCUT2D eigenvalue weighted by Gasteiger charge is 2.03. The van der Waals surface area contributed by atoms with E-state index in [-0.39, 0.29) is 0 Å². The zero-order chi connectivity index (χ0) is 10.7. The van der Waals surface area contributed by atoms with Crippen LogP contribution in [0.15, 0.2) is 24.3 Å². The number of aryl methyl sites for hydroxylation is 1. The van der Waals surface area contributed by atoms with Crippen molar-refractivity contribution in [2.75, 3.05) is 0 Å². The van der Waals surface area contributed by atoms with Crippen LogP contribution in [0.1, 0.15) is 10.6 Å². The standard InChI is InChI=1S/C10H11N3OS/c1-7-12-13-10(15-7)14-9-4-2-3-8(5-9)6-11/h2-5H,6,11H2,1H3. The van der Waals surface area contributed by atoms with E-state index in [1.807, 2.05) is 31.2 Å². The van der Waals surface area contributed by atoms with Crippen LogP contribution in [0.3, 0.4) is 0 Å². The Bertz CT molecular complexity index is 455. The number of hydrogen-bond acceptors (Lipinski definition) is 5. The maximum Gasteiger partial charge on any atom is 0.299 e. The van der Waals surface area contributed by atoms with E-state index < -0.39 is 0 Å². The highest BCUT2D eigenvalue weighted by atomic mass is 32.1. The molecule has 1 heterocycles. The van der Waals surface area contributed by atoms with Crippen molar-refractivity contribution in [2.45, 2.75) is 13.5 Å². The second-order valence-electron chi connectivity index (χ2n) is 3.04. The predicted octanol–water partition coefficient (Wildman–Crippen LogP) is 2.10. The Kier molecular flexibility index (Phi) is 2.94. The molecule has 0 unspecified atom stereocenters. The van der Waals surface area contributed by atoms with Crippen LogP contribution in [0.25, 0.3) is 0 Å². The summed E-state index contributed by atoms with van der Waals surface area (Å²) in [4.78, 5) is 0. The van der Waals surface area contributed by atoms with E-state index in [1.54, 1.807) is 0 Å². The molecule has 0 aliphatic rings. The number of nitrogens with zero attached hydrogens (tertiary/aromatic N) is 2. The molecule has 0 saturated heterocycles. The molecule has 1 aromatic carbocycles. The minimum atomic E-state index is 0.506. The van der Waals surface area contributed by atoms with E-state index in [9.17, 15) is 0 Å². The maximum atomic E-state index is 5.54. The Morgan fingerprint density at radius 3 is 2.93 bits per heavy atom. The molecule has 0 bridgehead atoms. The van der Waals surface area contributed by atoms with E-state index in [0.717, 1.165) is 16.3 Å². The van der Waals surface area contributed by atoms with Crippen LogP contribution in [0.5, 0.6) is 10.9 Å². The number of hydrogen-bond donors (Lipinski definition) is 1. The minimum Gasteiger partial charge on any atom is -0.430 e. The molecule has 0 saturated carbocycles. The Labute approximate surface area is 91.7 Å². The SMILES string of the molecule is Cc1nnc(Oc2cccc(CN)c2)s1. The Balaban J connectivity index is 2.16. The van der Waals surface area contributed by atoms with Gasteiger partial charge in [-0.3, -0.25) is 0 Å². The summed E-state index contributed by atoms with van der Waals surface area (Å²) in [6, 6.07) is 7.64. The summed E-state index contributed by atoms with van der Waals surface area (Å²) in [6.45, 7) is 2.40. The molecule has 4 nitrogen and oxygen atoms in total. The van der Waals surface area contributed by atoms with Gasteiger partial charge in [0, 0.05) is 6.54 Å². The van der Waals surface area contributed by atoms with Gasteiger partial charge in [0.25, 0.3) is 5.19 Å². The van der Waals surface area contributed by atoms with Gasteiger partial charge >= 0.3 is 0 Å². The highest BCUT2D eigenvalue weighted by Crippen LogP contribution is 2.24. The van der Waals surface area contributed by atoms with Crippen LogP contribution in [0.2, 0.25) is 0 Å². The van der Waals surface area contributed by atoms with Gasteiger partial charge in [0.05, 0.1) is 0 Å². The molecule has 1 aromatic heterocycles. The van der Waals surface area contributed by atoms with Crippen molar-refractivity contribution >= 4 is 11.3 Å². The summed E-state index contributed by atoms with van der Waals surface area (Å²) in [5, 5.41) is 9.20. The average Bonchev–Trinajstić information content (AvgIpc) is 2.64. The topological polar surface area (TPSA) is 61.0 Å². The van der Waals surface area contributed by atoms with Crippen molar-refractivity contribution in [3.8, 4) is 10.9 Å². The molecule has 0 amide bonds. The lowest BCUT2D eigenvalue weighted by molar-refractivity contribution is 0.472. The van der Waals surface area contributed by atoms with Gasteiger partial charge in [0.2, 0.25) is 0 Å². The summed E-state index contributed by atoms with van der Waals surface area (Å²) in [5.74, 6) is 0.745. The first kappa shape index (κ1) is 10.1. The van der Waals surface area contributed by atoms with Gasteiger partial charge < -0.3 is 10.5 Å². The molecule has 78 valence electrons. The van der Waals surface area contributed by atoms with Crippen LogP contribution in [-0.2, 0) is 6.54 Å². The lowest BCUT2D eigenvalue weighted by Crippen LogP contribution is -1.95. The molecule has 2 aromatic rings. The van der Waals surface area contributed by atoms with Crippen LogP contribution < -0.4 is 10.5 Å². The molecule has 15 heavy (non-hydrogen) atoms. The van der Waals surface area contributed by atoms with Crippen LogP contribution in [-0.4, -0.2) is 10.2 Å². The van der Waals surface area contributed by atoms with E-state index in [4.69, 9.17) is 10.5 Å². The molecule has 0 aliphatic carbocycles. The first-order chi connectivity index (χ1) is 7.28. The first-order valence-corrected chi connectivity index (χ1v) is 5.36. The number of rotatable bonds is 3. The Hall–Kier alpha value is -1.46. The number of benzene rings is 1. The third-order valence-electron chi connectivity index (χ3n) is 1.85. The summed E-state index contributed by atoms with van der Waals surface area (Å²) in [6.07, 6.45) is 0. The van der Waals surface area contributed by atoms with Gasteiger partial charge in [-0.1, -0.05) is 28.6 Å². The molecule has 0 atom stereocenters. The first-order valence-electron chi connectivity index (χ1n) is 4.55. The molecule has 0 aliphatic heterocycles. The fraction of sp³-hybridized carbons (Fsp3) is 0.200. The number of aromatic nitrogens is 2. The predicted molar refractivity (Wildman–Crippen MR) is 59.1 cm³/mol. The number of nitrogens with two attached hydrogens (primary N) is 1. The second-order valence-corrected chi connectivity index (χ2v) is 4.18. The Morgan fingerprint density at radius 1 is 1.40 bits per heavy atom. The van der Waals surface area contributed by atoms with E-state index in [1.165, 1.54) is 11.3 Å². The van der Waals surface area contributed by atoms with E-state index in [2.05, 4.69) is 10.2 Å². The normalized spacial score (nSPS) is 10.3. The van der Waals surface area contributed by atoms with Crippen molar-refractivity contribution in [1.82, 2.24) is 10.2 Å². The second kappa shape index (κ2) is 4.37. The fourth-order valence-corrected chi connectivity index (χ4v) is 1.71. The number of ether oxygens (including phenoxy) is 1. The summed E-state index contributed by atoms with van der Waals surface area (Å²) >= 11 is 1.42. The molecular formula is C10H11N3OS. The van der Waals surface area contributed by atoms with Crippen LogP contribution >= 0.6 is 11.3 Å². The molecule has 2 rings (SSSR count). The van der Waals surface area contributed by atoms with Gasteiger partial charge in [-0.2, -0.15) is 0 Å². The van der Waals surface area contributed by atoms with Gasteiger partial charge in [-0.15, -0.1) is 5.10 Å². The van der Waals surface area contributed by atoms with Crippen LogP contribution in [0.4, 0.5) is 0 Å². The third kappa shape index (κ3) is 2.51. The van der Waals surface area contributed by atoms with Gasteiger partial charge in [-0.05, 0) is 24.6 Å². The minimum absolute atomic E-state index is 0.506. The molecule has 0 radical (unpaired) electrons. The molecule has 2 N–H and O–H groups in total. The van der Waals surface area contributed by atoms with Crippen molar-refractivity contribution in [3.63, 3.8) is 0 Å². The summed E-state index contributed by atoms with van der Waals surface area (Å²) in [5.41, 5.74) is 6.57.